The molecule has 0 spiro atoms. The highest BCUT2D eigenvalue weighted by molar-refractivity contribution is 5.75. The average molecular weight is 491 g/mol. The third-order valence-corrected chi connectivity index (χ3v) is 11.5. The van der Waals surface area contributed by atoms with Crippen LogP contribution in [0.2, 0.25) is 0 Å². The molecule has 0 aromatic rings. The van der Waals surface area contributed by atoms with Gasteiger partial charge in [0.25, 0.3) is 0 Å². The molecule has 200 valence electrons. The molecule has 4 saturated carbocycles. The van der Waals surface area contributed by atoms with Crippen LogP contribution >= 0.6 is 0 Å². The first-order valence-electron chi connectivity index (χ1n) is 14.6. The molecule has 0 unspecified atom stereocenters. The number of unbranched alkanes of at least 4 members (excludes halogenated alkanes) is 5. The lowest BCUT2D eigenvalue weighted by molar-refractivity contribution is -0.185. The summed E-state index contributed by atoms with van der Waals surface area (Å²) in [5, 5.41) is 12.4. The van der Waals surface area contributed by atoms with Gasteiger partial charge < -0.3 is 14.6 Å². The van der Waals surface area contributed by atoms with E-state index in [0.29, 0.717) is 18.3 Å². The molecule has 35 heavy (non-hydrogen) atoms. The molecule has 9 atom stereocenters. The zero-order valence-electron chi connectivity index (χ0n) is 22.9. The van der Waals surface area contributed by atoms with E-state index < -0.39 is 11.5 Å². The summed E-state index contributed by atoms with van der Waals surface area (Å²) in [5.74, 6) is 0.540. The van der Waals surface area contributed by atoms with Gasteiger partial charge in [-0.15, -0.1) is 0 Å². The van der Waals surface area contributed by atoms with Gasteiger partial charge in [0.15, 0.2) is 0 Å². The zero-order valence-corrected chi connectivity index (χ0v) is 22.9. The summed E-state index contributed by atoms with van der Waals surface area (Å²) in [7, 11) is 1.46. The zero-order chi connectivity index (χ0) is 25.4. The molecule has 0 radical (unpaired) electrons. The molecule has 0 aromatic heterocycles. The molecule has 0 amide bonds. The van der Waals surface area contributed by atoms with Crippen LogP contribution < -0.4 is 0 Å². The molecule has 4 fully saturated rings. The first kappa shape index (κ1) is 26.9. The third kappa shape index (κ3) is 4.46. The van der Waals surface area contributed by atoms with Crippen LogP contribution in [0.3, 0.4) is 0 Å². The van der Waals surface area contributed by atoms with E-state index in [-0.39, 0.29) is 34.8 Å². The van der Waals surface area contributed by atoms with Gasteiger partial charge in [-0.25, -0.2) is 0 Å². The van der Waals surface area contributed by atoms with Gasteiger partial charge in [-0.3, -0.25) is 9.59 Å². The quantitative estimate of drug-likeness (QED) is 0.297. The smallest absolute Gasteiger partial charge is 0.311 e. The van der Waals surface area contributed by atoms with E-state index in [4.69, 9.17) is 9.47 Å². The lowest BCUT2D eigenvalue weighted by Gasteiger charge is -2.52. The SMILES string of the molecule is CCCCCCCC[C@H]1CC[C@H]2[C@@H]3[C@@H](C(=O)OC)[C@]4(O)C[C@@H](OC(C)=O)CC[C@]4(C)[C@H]3CC[C@]12C. The van der Waals surface area contributed by atoms with Crippen molar-refractivity contribution in [2.24, 2.45) is 40.4 Å². The van der Waals surface area contributed by atoms with Crippen LogP contribution in [0, 0.1) is 40.4 Å². The van der Waals surface area contributed by atoms with Crippen LogP contribution in [-0.2, 0) is 19.1 Å². The summed E-state index contributed by atoms with van der Waals surface area (Å²) in [6.07, 6.45) is 15.6. The van der Waals surface area contributed by atoms with Gasteiger partial charge in [-0.1, -0.05) is 59.3 Å². The first-order valence-corrected chi connectivity index (χ1v) is 14.6. The fraction of sp³-hybridized carbons (Fsp3) is 0.933. The molecule has 0 bridgehead atoms. The van der Waals surface area contributed by atoms with Crippen LogP contribution in [0.4, 0.5) is 0 Å². The van der Waals surface area contributed by atoms with Crippen LogP contribution in [0.5, 0.6) is 0 Å². The van der Waals surface area contributed by atoms with Crippen molar-refractivity contribution in [2.75, 3.05) is 7.11 Å². The number of rotatable bonds is 9. The number of aliphatic hydroxyl groups is 1. The second-order valence-electron chi connectivity index (χ2n) is 13.0. The Kier molecular flexibility index (Phi) is 7.96. The summed E-state index contributed by atoms with van der Waals surface area (Å²) < 4.78 is 10.9. The lowest BCUT2D eigenvalue weighted by atomic mass is 9.54. The van der Waals surface area contributed by atoms with Crippen LogP contribution in [-0.4, -0.2) is 35.9 Å². The average Bonchev–Trinajstić information content (AvgIpc) is 3.24. The Morgan fingerprint density at radius 3 is 2.34 bits per heavy atom. The van der Waals surface area contributed by atoms with Gasteiger partial charge in [-0.05, 0) is 74.0 Å². The van der Waals surface area contributed by atoms with E-state index in [2.05, 4.69) is 20.8 Å². The van der Waals surface area contributed by atoms with Crippen molar-refractivity contribution in [3.8, 4) is 0 Å². The predicted molar refractivity (Wildman–Crippen MR) is 136 cm³/mol. The van der Waals surface area contributed by atoms with Gasteiger partial charge in [0, 0.05) is 18.8 Å². The largest absolute Gasteiger partial charge is 0.469 e. The molecule has 4 aliphatic rings. The molecule has 1 N–H and O–H groups in total. The second kappa shape index (κ2) is 10.3. The minimum atomic E-state index is -1.18. The number of fused-ring (bicyclic) bond motifs is 5. The van der Waals surface area contributed by atoms with Gasteiger partial charge in [0.05, 0.1) is 18.6 Å². The highest BCUT2D eigenvalue weighted by Crippen LogP contribution is 2.73. The fourth-order valence-corrected chi connectivity index (χ4v) is 9.64. The van der Waals surface area contributed by atoms with E-state index in [1.54, 1.807) is 0 Å². The first-order chi connectivity index (χ1) is 16.6. The molecular weight excluding hydrogens is 440 g/mol. The maximum Gasteiger partial charge on any atom is 0.311 e. The number of esters is 2. The standard InChI is InChI=1S/C30H50O5/c1-6-7-8-9-10-11-12-21-13-14-23-25-24(16-17-28(21,23)3)29(4)18-15-22(35-20(2)31)19-30(29,33)26(25)27(32)34-5/h21-26,33H,6-19H2,1-5H3/t21-,22-,23-,24-,25-,26-,28+,29+,30+/m0/s1. The second-order valence-corrected chi connectivity index (χ2v) is 13.0. The fourth-order valence-electron chi connectivity index (χ4n) is 9.64. The van der Waals surface area contributed by atoms with E-state index in [9.17, 15) is 14.7 Å². The Labute approximate surface area is 213 Å². The molecule has 0 aromatic carbocycles. The maximum absolute atomic E-state index is 13.4. The molecule has 0 saturated heterocycles. The lowest BCUT2D eigenvalue weighted by Crippen LogP contribution is -2.56. The molecular formula is C30H50O5. The molecule has 4 rings (SSSR count). The summed E-state index contributed by atoms with van der Waals surface area (Å²) in [6, 6.07) is 0. The minimum Gasteiger partial charge on any atom is -0.469 e. The van der Waals surface area contributed by atoms with E-state index in [1.165, 1.54) is 71.8 Å². The van der Waals surface area contributed by atoms with Crippen molar-refractivity contribution in [3.63, 3.8) is 0 Å². The van der Waals surface area contributed by atoms with Crippen molar-refractivity contribution < 1.29 is 24.2 Å². The predicted octanol–water partition coefficient (Wildman–Crippen LogP) is 6.45. The van der Waals surface area contributed by atoms with Gasteiger partial charge in [0.1, 0.15) is 6.10 Å². The molecule has 5 nitrogen and oxygen atoms in total. The van der Waals surface area contributed by atoms with Gasteiger partial charge in [0.2, 0.25) is 0 Å². The molecule has 0 heterocycles. The van der Waals surface area contributed by atoms with Crippen LogP contribution in [0.25, 0.3) is 0 Å². The normalized spacial score (nSPS) is 44.3. The molecule has 5 heteroatoms. The highest BCUT2D eigenvalue weighted by atomic mass is 16.5. The summed E-state index contributed by atoms with van der Waals surface area (Å²) in [5.41, 5.74) is -1.28. The summed E-state index contributed by atoms with van der Waals surface area (Å²) in [6.45, 7) is 8.40. The van der Waals surface area contributed by atoms with E-state index >= 15 is 0 Å². The topological polar surface area (TPSA) is 72.8 Å². The summed E-state index contributed by atoms with van der Waals surface area (Å²) in [4.78, 5) is 25.1. The van der Waals surface area contributed by atoms with Gasteiger partial charge >= 0.3 is 11.9 Å². The van der Waals surface area contributed by atoms with Crippen molar-refractivity contribution in [3.05, 3.63) is 0 Å². The Morgan fingerprint density at radius 1 is 0.943 bits per heavy atom. The Hall–Kier alpha value is -1.10. The van der Waals surface area contributed by atoms with Gasteiger partial charge in [-0.2, -0.15) is 0 Å². The third-order valence-electron chi connectivity index (χ3n) is 11.5. The van der Waals surface area contributed by atoms with Crippen LogP contribution in [0.15, 0.2) is 0 Å². The van der Waals surface area contributed by atoms with E-state index in [0.717, 1.165) is 31.6 Å². The number of ether oxygens (including phenoxy) is 2. The van der Waals surface area contributed by atoms with Crippen LogP contribution in [0.1, 0.15) is 118 Å². The Morgan fingerprint density at radius 2 is 1.66 bits per heavy atom. The maximum atomic E-state index is 13.4. The number of carbonyl (C=O) groups is 2. The summed E-state index contributed by atoms with van der Waals surface area (Å²) >= 11 is 0. The molecule has 0 aliphatic heterocycles. The van der Waals surface area contributed by atoms with Crippen molar-refractivity contribution in [2.45, 2.75) is 129 Å². The van der Waals surface area contributed by atoms with Crippen molar-refractivity contribution in [1.82, 2.24) is 0 Å². The highest BCUT2D eigenvalue weighted by Gasteiger charge is 2.74. The van der Waals surface area contributed by atoms with Crippen molar-refractivity contribution in [1.29, 1.82) is 0 Å². The monoisotopic (exact) mass is 490 g/mol. The number of carbonyl (C=O) groups excluding carboxylic acids is 2. The molecule has 4 aliphatic carbocycles. The number of methoxy groups -OCH3 is 1. The Bertz CT molecular complexity index is 781. The Balaban J connectivity index is 1.56. The number of hydrogen-bond acceptors (Lipinski definition) is 5. The minimum absolute atomic E-state index is 0.154. The van der Waals surface area contributed by atoms with Crippen molar-refractivity contribution >= 4 is 11.9 Å². The number of hydrogen-bond donors (Lipinski definition) is 1. The van der Waals surface area contributed by atoms with E-state index in [1.807, 2.05) is 0 Å².